The number of benzene rings is 3. The Balaban J connectivity index is 1.92. The van der Waals surface area contributed by atoms with E-state index in [1.165, 1.54) is 27.5 Å². The molecule has 4 rings (SSSR count). The minimum absolute atomic E-state index is 0.126. The second-order valence-corrected chi connectivity index (χ2v) is 6.22. The van der Waals surface area contributed by atoms with E-state index < -0.39 is 5.97 Å². The van der Waals surface area contributed by atoms with Crippen LogP contribution in [0.5, 0.6) is 5.75 Å². The molecule has 0 heterocycles. The van der Waals surface area contributed by atoms with E-state index in [1.54, 1.807) is 7.11 Å². The van der Waals surface area contributed by atoms with Gasteiger partial charge in [-0.3, -0.25) is 4.79 Å². The van der Waals surface area contributed by atoms with Gasteiger partial charge in [0, 0.05) is 12.3 Å². The highest BCUT2D eigenvalue weighted by Gasteiger charge is 2.29. The maximum atomic E-state index is 11.1. The molecule has 1 atom stereocenters. The van der Waals surface area contributed by atoms with Crippen LogP contribution in [0.25, 0.3) is 21.9 Å². The van der Waals surface area contributed by atoms with Gasteiger partial charge in [-0.1, -0.05) is 30.3 Å². The molecule has 3 nitrogen and oxygen atoms in total. The number of ether oxygens (including phenoxy) is 1. The molecule has 3 aromatic rings. The molecule has 120 valence electrons. The zero-order valence-electron chi connectivity index (χ0n) is 13.5. The van der Waals surface area contributed by atoms with Crippen molar-refractivity contribution in [3.8, 4) is 16.9 Å². The van der Waals surface area contributed by atoms with E-state index in [1.807, 2.05) is 18.2 Å². The van der Waals surface area contributed by atoms with E-state index in [9.17, 15) is 4.79 Å². The predicted molar refractivity (Wildman–Crippen MR) is 94.6 cm³/mol. The largest absolute Gasteiger partial charge is 0.497 e. The fourth-order valence-electron chi connectivity index (χ4n) is 3.73. The quantitative estimate of drug-likeness (QED) is 0.750. The normalized spacial score (nSPS) is 15.1. The van der Waals surface area contributed by atoms with Gasteiger partial charge in [0.05, 0.1) is 7.11 Å². The maximum Gasteiger partial charge on any atom is 0.303 e. The van der Waals surface area contributed by atoms with Crippen LogP contribution in [0.1, 0.15) is 29.9 Å². The van der Waals surface area contributed by atoms with Crippen LogP contribution in [0.4, 0.5) is 0 Å². The Morgan fingerprint density at radius 2 is 1.71 bits per heavy atom. The number of rotatable bonds is 4. The van der Waals surface area contributed by atoms with Gasteiger partial charge in [0.25, 0.3) is 0 Å². The zero-order valence-corrected chi connectivity index (χ0v) is 13.5. The van der Waals surface area contributed by atoms with Crippen LogP contribution >= 0.6 is 0 Å². The third-order valence-corrected chi connectivity index (χ3v) is 4.87. The van der Waals surface area contributed by atoms with Gasteiger partial charge in [-0.25, -0.2) is 0 Å². The van der Waals surface area contributed by atoms with Crippen molar-refractivity contribution in [2.75, 3.05) is 7.11 Å². The van der Waals surface area contributed by atoms with E-state index >= 15 is 0 Å². The summed E-state index contributed by atoms with van der Waals surface area (Å²) in [5.74, 6) is 0.202. The molecular weight excluding hydrogens is 300 g/mol. The number of hydrogen-bond acceptors (Lipinski definition) is 2. The van der Waals surface area contributed by atoms with Crippen LogP contribution in [0.3, 0.4) is 0 Å². The lowest BCUT2D eigenvalue weighted by molar-refractivity contribution is -0.137. The second kappa shape index (κ2) is 5.68. The number of aliphatic carboxylic acids is 1. The number of fused-ring (bicyclic) bond motifs is 4. The fraction of sp³-hybridized carbons (Fsp3) is 0.190. The maximum absolute atomic E-state index is 11.1. The van der Waals surface area contributed by atoms with E-state index in [4.69, 9.17) is 9.84 Å². The van der Waals surface area contributed by atoms with Crippen LogP contribution in [-0.2, 0) is 4.79 Å². The summed E-state index contributed by atoms with van der Waals surface area (Å²) in [5.41, 5.74) is 4.77. The van der Waals surface area contributed by atoms with Crippen LogP contribution in [0.15, 0.2) is 54.6 Å². The van der Waals surface area contributed by atoms with Crippen molar-refractivity contribution in [3.63, 3.8) is 0 Å². The highest BCUT2D eigenvalue weighted by molar-refractivity contribution is 5.93. The third-order valence-electron chi connectivity index (χ3n) is 4.87. The molecule has 1 aliphatic carbocycles. The lowest BCUT2D eigenvalue weighted by atomic mass is 9.91. The number of carboxylic acids is 1. The molecule has 24 heavy (non-hydrogen) atoms. The van der Waals surface area contributed by atoms with E-state index in [0.717, 1.165) is 11.3 Å². The van der Waals surface area contributed by atoms with Crippen LogP contribution in [0.2, 0.25) is 0 Å². The van der Waals surface area contributed by atoms with Gasteiger partial charge < -0.3 is 9.84 Å². The standard InChI is InChI=1S/C21H18O3/c1-24-15-6-7-16-17(8-9-21(22)23)18-10-13-4-2-3-5-14(13)11-19(18)20(16)12-15/h2-7,10-12,17H,8-9H2,1H3,(H,22,23). The molecule has 0 saturated heterocycles. The highest BCUT2D eigenvalue weighted by atomic mass is 16.5. The number of methoxy groups -OCH3 is 1. The lowest BCUT2D eigenvalue weighted by Gasteiger charge is -2.13. The Labute approximate surface area is 140 Å². The average Bonchev–Trinajstić information content (AvgIpc) is 2.90. The molecule has 0 aromatic heterocycles. The first-order valence-corrected chi connectivity index (χ1v) is 8.10. The Morgan fingerprint density at radius 1 is 1.00 bits per heavy atom. The molecule has 0 fully saturated rings. The van der Waals surface area contributed by atoms with Gasteiger partial charge in [0.2, 0.25) is 0 Å². The summed E-state index contributed by atoms with van der Waals surface area (Å²) >= 11 is 0. The summed E-state index contributed by atoms with van der Waals surface area (Å²) in [6, 6.07) is 18.8. The summed E-state index contributed by atoms with van der Waals surface area (Å²) in [6.45, 7) is 0. The van der Waals surface area contributed by atoms with Crippen LogP contribution in [0, 0.1) is 0 Å². The first-order valence-electron chi connectivity index (χ1n) is 8.10. The van der Waals surface area contributed by atoms with Crippen molar-refractivity contribution in [1.29, 1.82) is 0 Å². The molecule has 0 radical (unpaired) electrons. The molecular formula is C21H18O3. The van der Waals surface area contributed by atoms with Gasteiger partial charge in [0.1, 0.15) is 5.75 Å². The van der Waals surface area contributed by atoms with Crippen molar-refractivity contribution in [2.24, 2.45) is 0 Å². The predicted octanol–water partition coefficient (Wildman–Crippen LogP) is 4.83. The Kier molecular flexibility index (Phi) is 3.49. The highest BCUT2D eigenvalue weighted by Crippen LogP contribution is 2.49. The molecule has 0 saturated carbocycles. The minimum atomic E-state index is -0.751. The minimum Gasteiger partial charge on any atom is -0.497 e. The molecule has 1 N–H and O–H groups in total. The first-order chi connectivity index (χ1) is 11.7. The number of carbonyl (C=O) groups is 1. The number of hydrogen-bond donors (Lipinski definition) is 1. The monoisotopic (exact) mass is 318 g/mol. The fourth-order valence-corrected chi connectivity index (χ4v) is 3.73. The smallest absolute Gasteiger partial charge is 0.303 e. The topological polar surface area (TPSA) is 46.5 Å². The molecule has 3 aromatic carbocycles. The molecule has 0 aliphatic heterocycles. The Bertz CT molecular complexity index is 943. The summed E-state index contributed by atoms with van der Waals surface area (Å²) in [4.78, 5) is 11.1. The Morgan fingerprint density at radius 3 is 2.42 bits per heavy atom. The summed E-state index contributed by atoms with van der Waals surface area (Å²) in [7, 11) is 1.67. The first kappa shape index (κ1) is 14.8. The van der Waals surface area contributed by atoms with E-state index in [0.29, 0.717) is 6.42 Å². The zero-order chi connectivity index (χ0) is 16.7. The van der Waals surface area contributed by atoms with Crippen molar-refractivity contribution >= 4 is 16.7 Å². The molecule has 1 aliphatic rings. The van der Waals surface area contributed by atoms with Gasteiger partial charge in [0.15, 0.2) is 0 Å². The van der Waals surface area contributed by atoms with Crippen molar-refractivity contribution in [2.45, 2.75) is 18.8 Å². The van der Waals surface area contributed by atoms with Crippen molar-refractivity contribution < 1.29 is 14.6 Å². The summed E-state index contributed by atoms with van der Waals surface area (Å²) < 4.78 is 5.38. The third kappa shape index (κ3) is 2.33. The van der Waals surface area contributed by atoms with Gasteiger partial charge in [-0.2, -0.15) is 0 Å². The lowest BCUT2D eigenvalue weighted by Crippen LogP contribution is -2.02. The molecule has 1 unspecified atom stereocenters. The van der Waals surface area contributed by atoms with Crippen LogP contribution < -0.4 is 4.74 Å². The van der Waals surface area contributed by atoms with Crippen LogP contribution in [-0.4, -0.2) is 18.2 Å². The SMILES string of the molecule is COc1ccc2c(c1)-c1cc3ccccc3cc1C2CCC(=O)O. The molecule has 3 heteroatoms. The Hall–Kier alpha value is -2.81. The van der Waals surface area contributed by atoms with Gasteiger partial charge >= 0.3 is 5.97 Å². The number of carboxylic acid groups (broad SMARTS) is 1. The summed E-state index contributed by atoms with van der Waals surface area (Å²) in [5, 5.41) is 11.5. The molecule has 0 bridgehead atoms. The van der Waals surface area contributed by atoms with Crippen molar-refractivity contribution in [3.05, 3.63) is 65.7 Å². The molecule has 0 spiro atoms. The van der Waals surface area contributed by atoms with E-state index in [-0.39, 0.29) is 12.3 Å². The van der Waals surface area contributed by atoms with E-state index in [2.05, 4.69) is 36.4 Å². The van der Waals surface area contributed by atoms with Gasteiger partial charge in [-0.05, 0) is 63.7 Å². The van der Waals surface area contributed by atoms with Crippen molar-refractivity contribution in [1.82, 2.24) is 0 Å². The average molecular weight is 318 g/mol. The van der Waals surface area contributed by atoms with Gasteiger partial charge in [-0.15, -0.1) is 0 Å². The molecule has 0 amide bonds. The summed E-state index contributed by atoms with van der Waals surface area (Å²) in [6.07, 6.45) is 0.780. The second-order valence-electron chi connectivity index (χ2n) is 6.22.